The first-order valence-corrected chi connectivity index (χ1v) is 8.78. The lowest BCUT2D eigenvalue weighted by molar-refractivity contribution is -0.139. The van der Waals surface area contributed by atoms with Gasteiger partial charge in [-0.25, -0.2) is 4.79 Å². The summed E-state index contributed by atoms with van der Waals surface area (Å²) in [6.07, 6.45) is 0.379. The third kappa shape index (κ3) is 3.57. The van der Waals surface area contributed by atoms with Crippen molar-refractivity contribution in [1.82, 2.24) is 5.32 Å². The van der Waals surface area contributed by atoms with Crippen molar-refractivity contribution < 1.29 is 14.3 Å². The Morgan fingerprint density at radius 3 is 2.58 bits per heavy atom. The van der Waals surface area contributed by atoms with Gasteiger partial charge in [-0.05, 0) is 37.6 Å². The topological polar surface area (TPSA) is 58.6 Å². The maximum Gasteiger partial charge on any atom is 0.339 e. The zero-order valence-electron chi connectivity index (χ0n) is 15.4. The molecule has 1 N–H and O–H groups in total. The fourth-order valence-corrected chi connectivity index (χ4v) is 3.14. The summed E-state index contributed by atoms with van der Waals surface area (Å²) in [7, 11) is 1.99. The maximum atomic E-state index is 12.7. The van der Waals surface area contributed by atoms with Crippen LogP contribution in [0.15, 0.2) is 54.6 Å². The standard InChI is InChI=1S/C21H24N2O3/c1-15(23(3)17-10-5-4-6-11-17)14-22-20(25)21(2)13-16-9-7-8-12-18(16)19(24)26-21/h4-12,15H,13-14H2,1-3H3,(H,22,25). The molecule has 1 heterocycles. The highest BCUT2D eigenvalue weighted by molar-refractivity contribution is 5.97. The summed E-state index contributed by atoms with van der Waals surface area (Å²) in [5.41, 5.74) is 1.28. The van der Waals surface area contributed by atoms with Gasteiger partial charge in [0.25, 0.3) is 5.91 Å². The largest absolute Gasteiger partial charge is 0.445 e. The van der Waals surface area contributed by atoms with Crippen LogP contribution >= 0.6 is 0 Å². The Labute approximate surface area is 154 Å². The number of ether oxygens (including phenoxy) is 1. The minimum atomic E-state index is -1.18. The van der Waals surface area contributed by atoms with Crippen LogP contribution in [0.4, 0.5) is 5.69 Å². The lowest BCUT2D eigenvalue weighted by atomic mass is 9.89. The fourth-order valence-electron chi connectivity index (χ4n) is 3.14. The van der Waals surface area contributed by atoms with E-state index in [4.69, 9.17) is 4.74 Å². The molecule has 136 valence electrons. The molecule has 1 amide bonds. The second kappa shape index (κ2) is 7.20. The number of fused-ring (bicyclic) bond motifs is 1. The fraction of sp³-hybridized carbons (Fsp3) is 0.333. The maximum absolute atomic E-state index is 12.7. The van der Waals surface area contributed by atoms with E-state index in [1.54, 1.807) is 19.1 Å². The number of carbonyl (C=O) groups is 2. The van der Waals surface area contributed by atoms with Crippen LogP contribution in [0.3, 0.4) is 0 Å². The summed E-state index contributed by atoms with van der Waals surface area (Å²) < 4.78 is 5.47. The van der Waals surface area contributed by atoms with E-state index in [9.17, 15) is 9.59 Å². The molecular formula is C21H24N2O3. The van der Waals surface area contributed by atoms with Gasteiger partial charge in [0.1, 0.15) is 0 Å². The molecule has 1 aliphatic rings. The number of benzene rings is 2. The zero-order valence-corrected chi connectivity index (χ0v) is 15.4. The SMILES string of the molecule is CC(CNC(=O)C1(C)Cc2ccccc2C(=O)O1)N(C)c1ccccc1. The summed E-state index contributed by atoms with van der Waals surface area (Å²) in [6, 6.07) is 17.3. The Morgan fingerprint density at radius 2 is 1.85 bits per heavy atom. The number of likely N-dealkylation sites (N-methyl/N-ethyl adjacent to an activating group) is 1. The molecule has 0 spiro atoms. The minimum absolute atomic E-state index is 0.0940. The number of nitrogens with zero attached hydrogens (tertiary/aromatic N) is 1. The van der Waals surface area contributed by atoms with Gasteiger partial charge >= 0.3 is 5.97 Å². The Morgan fingerprint density at radius 1 is 1.19 bits per heavy atom. The second-order valence-corrected chi connectivity index (χ2v) is 6.96. The van der Waals surface area contributed by atoms with E-state index in [0.29, 0.717) is 18.5 Å². The van der Waals surface area contributed by atoms with Crippen LogP contribution in [0.2, 0.25) is 0 Å². The van der Waals surface area contributed by atoms with Crippen LogP contribution in [0.5, 0.6) is 0 Å². The molecular weight excluding hydrogens is 328 g/mol. The Hall–Kier alpha value is -2.82. The van der Waals surface area contributed by atoms with Crippen molar-refractivity contribution >= 4 is 17.6 Å². The molecule has 2 atom stereocenters. The lowest BCUT2D eigenvalue weighted by Gasteiger charge is -2.34. The number of hydrogen-bond acceptors (Lipinski definition) is 4. The van der Waals surface area contributed by atoms with Crippen molar-refractivity contribution in [1.29, 1.82) is 0 Å². The van der Waals surface area contributed by atoms with Crippen LogP contribution in [0, 0.1) is 0 Å². The van der Waals surface area contributed by atoms with Crippen LogP contribution in [0.25, 0.3) is 0 Å². The van der Waals surface area contributed by atoms with Gasteiger partial charge in [-0.3, -0.25) is 4.79 Å². The van der Waals surface area contributed by atoms with E-state index >= 15 is 0 Å². The molecule has 1 aliphatic heterocycles. The number of anilines is 1. The molecule has 2 aromatic rings. The number of hydrogen-bond donors (Lipinski definition) is 1. The lowest BCUT2D eigenvalue weighted by Crippen LogP contribution is -2.53. The molecule has 0 aliphatic carbocycles. The molecule has 26 heavy (non-hydrogen) atoms. The average Bonchev–Trinajstić information content (AvgIpc) is 2.65. The summed E-state index contributed by atoms with van der Waals surface area (Å²) in [4.78, 5) is 27.1. The third-order valence-corrected chi connectivity index (χ3v) is 4.95. The molecule has 2 unspecified atom stereocenters. The molecule has 0 saturated heterocycles. The van der Waals surface area contributed by atoms with E-state index in [2.05, 4.69) is 10.2 Å². The van der Waals surface area contributed by atoms with E-state index < -0.39 is 11.6 Å². The summed E-state index contributed by atoms with van der Waals surface area (Å²) >= 11 is 0. The molecule has 0 saturated carbocycles. The van der Waals surface area contributed by atoms with Gasteiger partial charge in [-0.1, -0.05) is 36.4 Å². The number of esters is 1. The summed E-state index contributed by atoms with van der Waals surface area (Å²) in [5, 5.41) is 2.94. The van der Waals surface area contributed by atoms with E-state index in [1.807, 2.05) is 56.4 Å². The first-order valence-electron chi connectivity index (χ1n) is 8.78. The van der Waals surface area contributed by atoms with Gasteiger partial charge in [-0.2, -0.15) is 0 Å². The second-order valence-electron chi connectivity index (χ2n) is 6.96. The minimum Gasteiger partial charge on any atom is -0.445 e. The van der Waals surface area contributed by atoms with Crippen molar-refractivity contribution in [3.8, 4) is 0 Å². The third-order valence-electron chi connectivity index (χ3n) is 4.95. The van der Waals surface area contributed by atoms with Gasteiger partial charge in [0.15, 0.2) is 5.60 Å². The Bertz CT molecular complexity index is 806. The number of amides is 1. The van der Waals surface area contributed by atoms with Crippen LogP contribution < -0.4 is 10.2 Å². The molecule has 3 rings (SSSR count). The van der Waals surface area contributed by atoms with Crippen molar-refractivity contribution in [3.05, 3.63) is 65.7 Å². The number of nitrogens with one attached hydrogen (secondary N) is 1. The predicted molar refractivity (Wildman–Crippen MR) is 101 cm³/mol. The molecule has 0 aromatic heterocycles. The number of carbonyl (C=O) groups excluding carboxylic acids is 2. The normalized spacial score (nSPS) is 19.9. The van der Waals surface area contributed by atoms with Gasteiger partial charge < -0.3 is 15.0 Å². The van der Waals surface area contributed by atoms with Crippen molar-refractivity contribution in [2.24, 2.45) is 0 Å². The van der Waals surface area contributed by atoms with Crippen LogP contribution in [0.1, 0.15) is 29.8 Å². The van der Waals surface area contributed by atoms with E-state index in [1.165, 1.54) is 0 Å². The molecule has 0 bridgehead atoms. The highest BCUT2D eigenvalue weighted by Gasteiger charge is 2.42. The van der Waals surface area contributed by atoms with Gasteiger partial charge in [-0.15, -0.1) is 0 Å². The highest BCUT2D eigenvalue weighted by atomic mass is 16.6. The summed E-state index contributed by atoms with van der Waals surface area (Å²) in [5.74, 6) is -0.715. The summed E-state index contributed by atoms with van der Waals surface area (Å²) in [6.45, 7) is 4.17. The molecule has 0 radical (unpaired) electrons. The number of cyclic esters (lactones) is 1. The van der Waals surface area contributed by atoms with Crippen LogP contribution in [-0.2, 0) is 16.0 Å². The first kappa shape index (κ1) is 18.0. The van der Waals surface area contributed by atoms with Gasteiger partial charge in [0, 0.05) is 31.7 Å². The van der Waals surface area contributed by atoms with E-state index in [-0.39, 0.29) is 11.9 Å². The molecule has 5 nitrogen and oxygen atoms in total. The Kier molecular flexibility index (Phi) is 4.98. The van der Waals surface area contributed by atoms with Crippen molar-refractivity contribution in [2.75, 3.05) is 18.5 Å². The monoisotopic (exact) mass is 352 g/mol. The highest BCUT2D eigenvalue weighted by Crippen LogP contribution is 2.28. The average molecular weight is 352 g/mol. The van der Waals surface area contributed by atoms with E-state index in [0.717, 1.165) is 11.3 Å². The molecule has 0 fully saturated rings. The van der Waals surface area contributed by atoms with Gasteiger partial charge in [0.2, 0.25) is 0 Å². The zero-order chi connectivity index (χ0) is 18.7. The van der Waals surface area contributed by atoms with Crippen molar-refractivity contribution in [3.63, 3.8) is 0 Å². The molecule has 2 aromatic carbocycles. The van der Waals surface area contributed by atoms with Crippen molar-refractivity contribution in [2.45, 2.75) is 31.9 Å². The predicted octanol–water partition coefficient (Wildman–Crippen LogP) is 2.80. The molecule has 5 heteroatoms. The quantitative estimate of drug-likeness (QED) is 0.841. The first-order chi connectivity index (χ1) is 12.4. The number of rotatable bonds is 5. The van der Waals surface area contributed by atoms with Crippen LogP contribution in [-0.4, -0.2) is 37.1 Å². The van der Waals surface area contributed by atoms with Gasteiger partial charge in [0.05, 0.1) is 5.56 Å². The smallest absolute Gasteiger partial charge is 0.339 e. The Balaban J connectivity index is 1.64. The number of para-hydroxylation sites is 1.